The fourth-order valence-electron chi connectivity index (χ4n) is 4.58. The number of anilines is 1. The van der Waals surface area contributed by atoms with Crippen LogP contribution in [0.15, 0.2) is 6.07 Å². The van der Waals surface area contributed by atoms with Crippen LogP contribution in [0.5, 0.6) is 0 Å². The molecule has 1 aromatic rings. The van der Waals surface area contributed by atoms with Crippen molar-refractivity contribution in [3.05, 3.63) is 11.8 Å². The number of nitrogens with zero attached hydrogens (tertiary/aromatic N) is 2. The summed E-state index contributed by atoms with van der Waals surface area (Å²) in [4.78, 5) is 13.1. The van der Waals surface area contributed by atoms with Gasteiger partial charge in [0.15, 0.2) is 0 Å². The van der Waals surface area contributed by atoms with Crippen molar-refractivity contribution in [2.45, 2.75) is 90.6 Å². The molecule has 3 rings (SSSR count). The van der Waals surface area contributed by atoms with Gasteiger partial charge in [-0.15, -0.1) is 0 Å². The average molecular weight is 361 g/mol. The minimum Gasteiger partial charge on any atom is -0.327 e. The predicted octanol–water partition coefficient (Wildman–Crippen LogP) is 4.03. The van der Waals surface area contributed by atoms with Crippen LogP contribution in [0.4, 0.5) is 5.82 Å². The number of nitrogens with two attached hydrogens (primary N) is 1. The van der Waals surface area contributed by atoms with Crippen LogP contribution >= 0.6 is 0 Å². The molecule has 3 N–H and O–H groups in total. The smallest absolute Gasteiger partial charge is 0.228 e. The Balaban J connectivity index is 1.80. The molecule has 2 fully saturated rings. The number of amides is 1. The molecule has 2 bridgehead atoms. The van der Waals surface area contributed by atoms with Crippen LogP contribution in [0.25, 0.3) is 0 Å². The van der Waals surface area contributed by atoms with Crippen LogP contribution in [0.2, 0.25) is 0 Å². The van der Waals surface area contributed by atoms with E-state index in [-0.39, 0.29) is 22.8 Å². The van der Waals surface area contributed by atoms with Crippen molar-refractivity contribution < 1.29 is 4.79 Å². The summed E-state index contributed by atoms with van der Waals surface area (Å²) >= 11 is 0. The Morgan fingerprint density at radius 1 is 1.15 bits per heavy atom. The molecular weight excluding hydrogens is 324 g/mol. The first-order chi connectivity index (χ1) is 12.0. The van der Waals surface area contributed by atoms with Crippen molar-refractivity contribution in [1.29, 1.82) is 0 Å². The van der Waals surface area contributed by atoms with Gasteiger partial charge in [0.1, 0.15) is 5.82 Å². The predicted molar refractivity (Wildman–Crippen MR) is 106 cm³/mol. The Morgan fingerprint density at radius 2 is 1.73 bits per heavy atom. The van der Waals surface area contributed by atoms with E-state index in [0.717, 1.165) is 24.4 Å². The molecule has 0 aromatic carbocycles. The molecule has 2 saturated carbocycles. The molecule has 5 nitrogen and oxygen atoms in total. The highest BCUT2D eigenvalue weighted by molar-refractivity contribution is 5.92. The molecule has 26 heavy (non-hydrogen) atoms. The number of carbonyl (C=O) groups excluding carboxylic acids is 1. The van der Waals surface area contributed by atoms with Gasteiger partial charge in [-0.25, -0.2) is 4.68 Å². The van der Waals surface area contributed by atoms with E-state index in [1.165, 1.54) is 19.3 Å². The van der Waals surface area contributed by atoms with E-state index >= 15 is 0 Å². The number of fused-ring (bicyclic) bond motifs is 2. The Morgan fingerprint density at radius 3 is 2.23 bits per heavy atom. The van der Waals surface area contributed by atoms with E-state index in [1.54, 1.807) is 0 Å². The molecule has 2 unspecified atom stereocenters. The molecule has 0 radical (unpaired) electrons. The van der Waals surface area contributed by atoms with Gasteiger partial charge in [-0.05, 0) is 58.3 Å². The SMILES string of the molecule is CC(C)(C)c1cc(NC(=O)C2CC3CCCC(C2)C3N)n(C(C)(C)C)n1. The van der Waals surface area contributed by atoms with Crippen LogP contribution in [-0.2, 0) is 15.7 Å². The molecule has 2 atom stereocenters. The second-order valence-corrected chi connectivity index (χ2v) is 10.4. The molecule has 146 valence electrons. The summed E-state index contributed by atoms with van der Waals surface area (Å²) < 4.78 is 1.96. The third kappa shape index (κ3) is 3.83. The summed E-state index contributed by atoms with van der Waals surface area (Å²) in [6.45, 7) is 12.8. The molecule has 1 amide bonds. The van der Waals surface area contributed by atoms with E-state index < -0.39 is 0 Å². The number of nitrogens with one attached hydrogen (secondary N) is 1. The zero-order chi connectivity index (χ0) is 19.3. The number of hydrogen-bond donors (Lipinski definition) is 2. The van der Waals surface area contributed by atoms with Crippen LogP contribution < -0.4 is 11.1 Å². The first-order valence-electron chi connectivity index (χ1n) is 10.1. The van der Waals surface area contributed by atoms with Crippen molar-refractivity contribution in [2.75, 3.05) is 5.32 Å². The molecule has 5 heteroatoms. The van der Waals surface area contributed by atoms with Gasteiger partial charge >= 0.3 is 0 Å². The average Bonchev–Trinajstić information content (AvgIpc) is 2.91. The lowest BCUT2D eigenvalue weighted by Crippen LogP contribution is -2.48. The molecule has 2 aliphatic rings. The van der Waals surface area contributed by atoms with E-state index in [0.29, 0.717) is 17.9 Å². The Kier molecular flexibility index (Phi) is 4.97. The maximum Gasteiger partial charge on any atom is 0.228 e. The largest absolute Gasteiger partial charge is 0.327 e. The van der Waals surface area contributed by atoms with Gasteiger partial charge in [0.05, 0.1) is 11.2 Å². The van der Waals surface area contributed by atoms with E-state index in [2.05, 4.69) is 46.9 Å². The Labute approximate surface area is 158 Å². The van der Waals surface area contributed by atoms with Crippen LogP contribution in [0.1, 0.15) is 79.3 Å². The van der Waals surface area contributed by atoms with Crippen LogP contribution in [0.3, 0.4) is 0 Å². The molecular formula is C21H36N4O. The van der Waals surface area contributed by atoms with E-state index in [1.807, 2.05) is 10.7 Å². The molecule has 0 saturated heterocycles. The number of rotatable bonds is 2. The summed E-state index contributed by atoms with van der Waals surface area (Å²) in [6, 6.07) is 2.33. The molecule has 0 spiro atoms. The van der Waals surface area contributed by atoms with Crippen molar-refractivity contribution in [2.24, 2.45) is 23.5 Å². The minimum absolute atomic E-state index is 0.0510. The lowest BCUT2D eigenvalue weighted by atomic mass is 9.65. The monoisotopic (exact) mass is 360 g/mol. The van der Waals surface area contributed by atoms with Gasteiger partial charge in [-0.2, -0.15) is 5.10 Å². The van der Waals surface area contributed by atoms with E-state index in [4.69, 9.17) is 10.8 Å². The van der Waals surface area contributed by atoms with Gasteiger partial charge in [0, 0.05) is 23.4 Å². The highest BCUT2D eigenvalue weighted by Crippen LogP contribution is 2.42. The van der Waals surface area contributed by atoms with Crippen molar-refractivity contribution >= 4 is 11.7 Å². The Hall–Kier alpha value is -1.36. The minimum atomic E-state index is -0.183. The summed E-state index contributed by atoms with van der Waals surface area (Å²) in [5.41, 5.74) is 7.16. The lowest BCUT2D eigenvalue weighted by Gasteiger charge is -2.43. The van der Waals surface area contributed by atoms with Crippen LogP contribution in [0, 0.1) is 17.8 Å². The molecule has 1 aromatic heterocycles. The second-order valence-electron chi connectivity index (χ2n) is 10.4. The maximum atomic E-state index is 13.1. The molecule has 1 heterocycles. The molecule has 0 aliphatic heterocycles. The summed E-state index contributed by atoms with van der Waals surface area (Å²) in [6.07, 6.45) is 5.48. The van der Waals surface area contributed by atoms with Crippen molar-refractivity contribution in [1.82, 2.24) is 9.78 Å². The highest BCUT2D eigenvalue weighted by atomic mass is 16.2. The van der Waals surface area contributed by atoms with Gasteiger partial charge in [0.25, 0.3) is 0 Å². The number of hydrogen-bond acceptors (Lipinski definition) is 3. The quantitative estimate of drug-likeness (QED) is 0.836. The topological polar surface area (TPSA) is 72.9 Å². The van der Waals surface area contributed by atoms with Gasteiger partial charge in [-0.1, -0.05) is 27.2 Å². The van der Waals surface area contributed by atoms with Gasteiger partial charge in [0.2, 0.25) is 5.91 Å². The third-order valence-electron chi connectivity index (χ3n) is 6.15. The highest BCUT2D eigenvalue weighted by Gasteiger charge is 2.40. The zero-order valence-electron chi connectivity index (χ0n) is 17.3. The lowest BCUT2D eigenvalue weighted by molar-refractivity contribution is -0.122. The maximum absolute atomic E-state index is 13.1. The van der Waals surface area contributed by atoms with Gasteiger partial charge in [-0.3, -0.25) is 4.79 Å². The number of aromatic nitrogens is 2. The fourth-order valence-corrected chi connectivity index (χ4v) is 4.58. The Bertz CT molecular complexity index is 651. The van der Waals surface area contributed by atoms with Crippen molar-refractivity contribution in [3.63, 3.8) is 0 Å². The van der Waals surface area contributed by atoms with Crippen molar-refractivity contribution in [3.8, 4) is 0 Å². The fraction of sp³-hybridized carbons (Fsp3) is 0.810. The molecule has 2 aliphatic carbocycles. The summed E-state index contributed by atoms with van der Waals surface area (Å²) in [5.74, 6) is 2.05. The van der Waals surface area contributed by atoms with Crippen LogP contribution in [-0.4, -0.2) is 21.7 Å². The van der Waals surface area contributed by atoms with E-state index in [9.17, 15) is 4.79 Å². The third-order valence-corrected chi connectivity index (χ3v) is 6.15. The van der Waals surface area contributed by atoms with Gasteiger partial charge < -0.3 is 11.1 Å². The first kappa shape index (κ1) is 19.4. The second kappa shape index (κ2) is 6.66. The number of carbonyl (C=O) groups is 1. The normalized spacial score (nSPS) is 29.5. The summed E-state index contributed by atoms with van der Waals surface area (Å²) in [5, 5.41) is 8.01. The first-order valence-corrected chi connectivity index (χ1v) is 10.1. The zero-order valence-corrected chi connectivity index (χ0v) is 17.3. The summed E-state index contributed by atoms with van der Waals surface area (Å²) in [7, 11) is 0. The standard InChI is InChI=1S/C21H36N4O/c1-20(2,3)16-12-17(25(24-16)21(4,5)6)23-19(26)15-10-13-8-7-9-14(11-15)18(13)22/h12-15,18H,7-11,22H2,1-6H3,(H,23,26).